The van der Waals surface area contributed by atoms with E-state index in [9.17, 15) is 29.0 Å². The summed E-state index contributed by atoms with van der Waals surface area (Å²) in [6.07, 6.45) is 15.9. The molecule has 10 heteroatoms. The largest absolute Gasteiger partial charge is 0.390 e. The number of unbranched alkanes of at least 4 members (excludes halogenated alkanes) is 1. The van der Waals surface area contributed by atoms with Crippen LogP contribution in [0.2, 0.25) is 0 Å². The summed E-state index contributed by atoms with van der Waals surface area (Å²) in [6.45, 7) is 1.64. The van der Waals surface area contributed by atoms with Crippen LogP contribution < -0.4 is 10.6 Å². The second-order valence-electron chi connectivity index (χ2n) is 13.1. The molecule has 0 spiro atoms. The van der Waals surface area contributed by atoms with Gasteiger partial charge in [-0.05, 0) is 51.1 Å². The number of carbonyl (C=O) groups excluding carboxylic acids is 3. The number of halogens is 1. The van der Waals surface area contributed by atoms with Crippen molar-refractivity contribution >= 4 is 17.7 Å². The van der Waals surface area contributed by atoms with Crippen molar-refractivity contribution in [1.29, 1.82) is 0 Å². The molecule has 0 heterocycles. The van der Waals surface area contributed by atoms with Crippen LogP contribution in [-0.2, 0) is 20.8 Å². The predicted octanol–water partition coefficient (Wildman–Crippen LogP) is 3.29. The Morgan fingerprint density at radius 1 is 1.02 bits per heavy atom. The summed E-state index contributed by atoms with van der Waals surface area (Å²) in [6, 6.07) is 7.39. The molecule has 0 aliphatic heterocycles. The van der Waals surface area contributed by atoms with Gasteiger partial charge in [0.2, 0.25) is 17.7 Å². The zero-order valence-corrected chi connectivity index (χ0v) is 28.4. The van der Waals surface area contributed by atoms with Gasteiger partial charge in [-0.15, -0.1) is 24.7 Å². The lowest BCUT2D eigenvalue weighted by Gasteiger charge is -2.34. The lowest BCUT2D eigenvalue weighted by Crippen LogP contribution is -2.57. The van der Waals surface area contributed by atoms with Crippen molar-refractivity contribution in [2.24, 2.45) is 17.8 Å². The fourth-order valence-electron chi connectivity index (χ4n) is 6.00. The lowest BCUT2D eigenvalue weighted by molar-refractivity contribution is -0.137. The molecule has 0 bridgehead atoms. The molecule has 0 aromatic heterocycles. The van der Waals surface area contributed by atoms with E-state index < -0.39 is 54.7 Å². The van der Waals surface area contributed by atoms with E-state index in [0.29, 0.717) is 25.8 Å². The van der Waals surface area contributed by atoms with Crippen LogP contribution >= 0.6 is 0 Å². The molecule has 1 aliphatic carbocycles. The number of hydrogen-bond acceptors (Lipinski definition) is 6. The fourth-order valence-corrected chi connectivity index (χ4v) is 6.00. The molecule has 1 aromatic carbocycles. The second-order valence-corrected chi connectivity index (χ2v) is 13.1. The van der Waals surface area contributed by atoms with E-state index in [0.717, 1.165) is 37.7 Å². The zero-order chi connectivity index (χ0) is 34.8. The Kier molecular flexibility index (Phi) is 18.1. The maximum Gasteiger partial charge on any atom is 0.244 e. The average Bonchev–Trinajstić information content (AvgIpc) is 3.08. The molecule has 0 saturated heterocycles. The van der Waals surface area contributed by atoms with Gasteiger partial charge in [-0.1, -0.05) is 62.4 Å². The Morgan fingerprint density at radius 2 is 1.70 bits per heavy atom. The minimum Gasteiger partial charge on any atom is -0.390 e. The number of nitrogens with zero attached hydrogens (tertiary/aromatic N) is 2. The molecule has 1 saturated carbocycles. The van der Waals surface area contributed by atoms with Crippen molar-refractivity contribution in [2.75, 3.05) is 34.0 Å². The van der Waals surface area contributed by atoms with Crippen molar-refractivity contribution < 1.29 is 29.0 Å². The minimum atomic E-state index is -1.23. The summed E-state index contributed by atoms with van der Waals surface area (Å²) < 4.78 is 12.9. The number of aliphatic hydroxyl groups is 2. The number of hydrogen-bond donors (Lipinski definition) is 4. The Bertz CT molecular complexity index is 1180. The molecule has 2 rings (SSSR count). The van der Waals surface area contributed by atoms with Crippen LogP contribution in [0.1, 0.15) is 76.7 Å². The molecule has 6 atom stereocenters. The van der Waals surface area contributed by atoms with Gasteiger partial charge in [0.05, 0.1) is 24.2 Å². The first-order chi connectivity index (χ1) is 22.5. The highest BCUT2D eigenvalue weighted by molar-refractivity contribution is 5.91. The third kappa shape index (κ3) is 14.1. The highest BCUT2D eigenvalue weighted by Gasteiger charge is 2.35. The second kappa shape index (κ2) is 21.4. The number of likely N-dealkylation sites (N-methyl/N-ethyl adjacent to an activating group) is 2. The number of alkyl halides is 1. The van der Waals surface area contributed by atoms with E-state index in [-0.39, 0.29) is 37.6 Å². The summed E-state index contributed by atoms with van der Waals surface area (Å²) in [5.74, 6) is 2.51. The lowest BCUT2D eigenvalue weighted by atomic mass is 9.82. The molecule has 1 aromatic rings. The minimum absolute atomic E-state index is 0.123. The predicted molar refractivity (Wildman–Crippen MR) is 182 cm³/mol. The first-order valence-electron chi connectivity index (χ1n) is 16.9. The number of nitrogens with one attached hydrogen (secondary N) is 2. The van der Waals surface area contributed by atoms with Gasteiger partial charge in [-0.25, -0.2) is 4.39 Å². The van der Waals surface area contributed by atoms with Crippen LogP contribution in [0.4, 0.5) is 4.39 Å². The standard InChI is InChI=1S/C37H55FN4O5/c1-6-8-11-20-32(43)35(45)31(24-29-18-14-10-15-19-29)39-37(47)34(27(3)7-2)40-36(46)30(23-28-16-12-9-13-17-28)25-33(44)42(5)22-21-41(4)26-38/h1-2,9,12-13,16-17,27,29-32,34-35,43,45H,8,10-11,14-15,18-26H2,3-5H3,(H,39,47)(H,40,46)/t27?,30?,31?,32?,34-,35?/m0/s1. The first-order valence-corrected chi connectivity index (χ1v) is 16.9. The average molecular weight is 655 g/mol. The molecule has 5 unspecified atom stereocenters. The third-order valence-electron chi connectivity index (χ3n) is 9.17. The molecule has 260 valence electrons. The van der Waals surface area contributed by atoms with Gasteiger partial charge in [0.1, 0.15) is 12.8 Å². The van der Waals surface area contributed by atoms with Crippen molar-refractivity contribution in [3.63, 3.8) is 0 Å². The summed E-state index contributed by atoms with van der Waals surface area (Å²) in [7, 11) is 3.22. The summed E-state index contributed by atoms with van der Waals surface area (Å²) in [5, 5.41) is 27.7. The van der Waals surface area contributed by atoms with E-state index in [4.69, 9.17) is 12.8 Å². The maximum absolute atomic E-state index is 13.9. The van der Waals surface area contributed by atoms with Crippen LogP contribution in [0.3, 0.4) is 0 Å². The van der Waals surface area contributed by atoms with Gasteiger partial charge in [0.25, 0.3) is 0 Å². The van der Waals surface area contributed by atoms with Gasteiger partial charge < -0.3 is 25.7 Å². The van der Waals surface area contributed by atoms with Crippen LogP contribution in [-0.4, -0.2) is 96.0 Å². The molecule has 3 amide bonds. The smallest absolute Gasteiger partial charge is 0.244 e. The van der Waals surface area contributed by atoms with Crippen molar-refractivity contribution in [3.05, 3.63) is 35.9 Å². The Balaban J connectivity index is 2.26. The zero-order valence-electron chi connectivity index (χ0n) is 28.4. The first kappa shape index (κ1) is 39.7. The van der Waals surface area contributed by atoms with Gasteiger partial charge in [0.15, 0.2) is 0 Å². The van der Waals surface area contributed by atoms with Crippen molar-refractivity contribution in [1.82, 2.24) is 20.4 Å². The Morgan fingerprint density at radius 3 is 2.32 bits per heavy atom. The number of terminal acetylenes is 2. The van der Waals surface area contributed by atoms with Crippen molar-refractivity contribution in [3.8, 4) is 24.7 Å². The quantitative estimate of drug-likeness (QED) is 0.0973. The SMILES string of the molecule is C#CCCCC(O)C(O)C(CC1CCCCC1)NC(=O)[C@@H](NC(=O)C(CC(=O)N(C)CCN(C)CF)Cc1ccccc1)C(C)C#C. The van der Waals surface area contributed by atoms with Gasteiger partial charge in [-0.2, -0.15) is 0 Å². The van der Waals surface area contributed by atoms with Crippen LogP contribution in [0.15, 0.2) is 30.3 Å². The van der Waals surface area contributed by atoms with E-state index in [1.54, 1.807) is 21.0 Å². The molecule has 9 nitrogen and oxygen atoms in total. The number of rotatable bonds is 20. The summed E-state index contributed by atoms with van der Waals surface area (Å²) in [4.78, 5) is 43.8. The van der Waals surface area contributed by atoms with Gasteiger partial charge in [-0.3, -0.25) is 19.3 Å². The van der Waals surface area contributed by atoms with Gasteiger partial charge in [0, 0.05) is 38.9 Å². The van der Waals surface area contributed by atoms with E-state index in [1.807, 2.05) is 30.3 Å². The molecular weight excluding hydrogens is 599 g/mol. The number of amides is 3. The number of benzene rings is 1. The molecule has 0 radical (unpaired) electrons. The molecule has 47 heavy (non-hydrogen) atoms. The van der Waals surface area contributed by atoms with Crippen LogP contribution in [0.5, 0.6) is 0 Å². The topological polar surface area (TPSA) is 122 Å². The monoisotopic (exact) mass is 654 g/mol. The molecule has 4 N–H and O–H groups in total. The van der Waals surface area contributed by atoms with Crippen LogP contribution in [0, 0.1) is 42.4 Å². The highest BCUT2D eigenvalue weighted by Crippen LogP contribution is 2.29. The molecule has 1 fully saturated rings. The maximum atomic E-state index is 13.9. The van der Waals surface area contributed by atoms with Crippen molar-refractivity contribution in [2.45, 2.75) is 102 Å². The molecule has 1 aliphatic rings. The Labute approximate surface area is 281 Å². The Hall–Kier alpha value is -3.44. The molecular formula is C37H55FN4O5. The summed E-state index contributed by atoms with van der Waals surface area (Å²) in [5.41, 5.74) is 0.848. The highest BCUT2D eigenvalue weighted by atomic mass is 19.1. The van der Waals surface area contributed by atoms with E-state index in [1.165, 1.54) is 9.80 Å². The number of carbonyl (C=O) groups is 3. The normalized spacial score (nSPS) is 17.3. The van der Waals surface area contributed by atoms with E-state index in [2.05, 4.69) is 22.5 Å². The summed E-state index contributed by atoms with van der Waals surface area (Å²) >= 11 is 0. The number of aliphatic hydroxyl groups excluding tert-OH is 2. The third-order valence-corrected chi connectivity index (χ3v) is 9.17. The van der Waals surface area contributed by atoms with Crippen LogP contribution in [0.25, 0.3) is 0 Å². The van der Waals surface area contributed by atoms with E-state index >= 15 is 0 Å². The van der Waals surface area contributed by atoms with Gasteiger partial charge >= 0.3 is 0 Å². The fraction of sp³-hybridized carbons (Fsp3) is 0.649.